The van der Waals surface area contributed by atoms with Crippen molar-refractivity contribution in [3.8, 4) is 11.5 Å². The Balaban J connectivity index is 0.000000489. The average molecular weight is 493 g/mol. The van der Waals surface area contributed by atoms with E-state index < -0.39 is 0 Å². The summed E-state index contributed by atoms with van der Waals surface area (Å²) < 4.78 is 15.1. The van der Waals surface area contributed by atoms with Crippen LogP contribution in [0, 0.1) is 11.8 Å². The monoisotopic (exact) mass is 492 g/mol. The molecule has 0 bridgehead atoms. The smallest absolute Gasteiger partial charge is 0.292 e. The highest BCUT2D eigenvalue weighted by molar-refractivity contribution is 8.06. The maximum Gasteiger partial charge on any atom is 0.292 e. The normalized spacial score (nSPS) is 16.3. The van der Waals surface area contributed by atoms with Gasteiger partial charge in [-0.2, -0.15) is 0 Å². The number of methoxy groups -OCH3 is 1. The van der Waals surface area contributed by atoms with Crippen molar-refractivity contribution in [2.75, 3.05) is 33.4 Å². The number of allylic oxidation sites excluding steroid dienone is 2. The van der Waals surface area contributed by atoms with Crippen LogP contribution in [0.4, 0.5) is 0 Å². The van der Waals surface area contributed by atoms with E-state index in [1.807, 2.05) is 24.0 Å². The average Bonchev–Trinajstić information content (AvgIpc) is 2.87. The van der Waals surface area contributed by atoms with Crippen molar-refractivity contribution >= 4 is 30.2 Å². The summed E-state index contributed by atoms with van der Waals surface area (Å²) in [6, 6.07) is 6.41. The minimum Gasteiger partial charge on any atom is -0.486 e. The van der Waals surface area contributed by atoms with Crippen molar-refractivity contribution in [3.63, 3.8) is 0 Å². The Bertz CT molecular complexity index is 796. The third kappa shape index (κ3) is 10.7. The number of nitrogens with zero attached hydrogens (tertiary/aromatic N) is 1. The van der Waals surface area contributed by atoms with Gasteiger partial charge in [0.15, 0.2) is 11.5 Å². The number of amides is 1. The lowest BCUT2D eigenvalue weighted by atomic mass is 9.97. The number of rotatable bonds is 7. The molecule has 1 unspecified atom stereocenters. The van der Waals surface area contributed by atoms with Crippen molar-refractivity contribution in [3.05, 3.63) is 40.7 Å². The molecule has 0 radical (unpaired) electrons. The fourth-order valence-corrected chi connectivity index (χ4v) is 3.84. The third-order valence-electron chi connectivity index (χ3n) is 5.67. The van der Waals surface area contributed by atoms with Crippen molar-refractivity contribution in [2.24, 2.45) is 17.6 Å². The largest absolute Gasteiger partial charge is 0.486 e. The van der Waals surface area contributed by atoms with Crippen LogP contribution in [0.5, 0.6) is 11.5 Å². The molecule has 0 spiro atoms. The minimum atomic E-state index is 0.352. The van der Waals surface area contributed by atoms with Gasteiger partial charge in [0.2, 0.25) is 6.41 Å². The number of nitrogens with two attached hydrogens (primary N) is 1. The van der Waals surface area contributed by atoms with E-state index >= 15 is 0 Å². The van der Waals surface area contributed by atoms with Crippen LogP contribution in [0.25, 0.3) is 5.57 Å². The van der Waals surface area contributed by atoms with Gasteiger partial charge in [-0.3, -0.25) is 9.59 Å². The van der Waals surface area contributed by atoms with Gasteiger partial charge in [0.1, 0.15) is 13.2 Å². The molecule has 2 aliphatic heterocycles. The van der Waals surface area contributed by atoms with E-state index in [1.54, 1.807) is 11.8 Å². The van der Waals surface area contributed by atoms with E-state index in [0.717, 1.165) is 49.4 Å². The number of ether oxygens (including phenoxy) is 3. The summed E-state index contributed by atoms with van der Waals surface area (Å²) in [6.45, 7) is 15.8. The van der Waals surface area contributed by atoms with Gasteiger partial charge in [0.25, 0.3) is 6.47 Å². The lowest BCUT2D eigenvalue weighted by Crippen LogP contribution is -2.32. The van der Waals surface area contributed by atoms with Gasteiger partial charge in [-0.25, -0.2) is 0 Å². The van der Waals surface area contributed by atoms with Gasteiger partial charge in [0.05, 0.1) is 7.11 Å². The van der Waals surface area contributed by atoms with Gasteiger partial charge >= 0.3 is 0 Å². The molecule has 2 heterocycles. The Morgan fingerprint density at radius 1 is 1.18 bits per heavy atom. The van der Waals surface area contributed by atoms with E-state index in [0.29, 0.717) is 37.6 Å². The maximum atomic E-state index is 10.8. The molecule has 1 amide bonds. The first-order chi connectivity index (χ1) is 16.2. The van der Waals surface area contributed by atoms with E-state index in [4.69, 9.17) is 20.0 Å². The van der Waals surface area contributed by atoms with Crippen LogP contribution in [0.3, 0.4) is 0 Å². The van der Waals surface area contributed by atoms with E-state index in [9.17, 15) is 4.79 Å². The van der Waals surface area contributed by atoms with Gasteiger partial charge in [0, 0.05) is 19.1 Å². The Morgan fingerprint density at radius 3 is 2.24 bits per heavy atom. The van der Waals surface area contributed by atoms with Gasteiger partial charge in [-0.05, 0) is 72.1 Å². The lowest BCUT2D eigenvalue weighted by Gasteiger charge is -2.29. The zero-order valence-corrected chi connectivity index (χ0v) is 21.9. The standard InChI is InChI=1S/C19H23NO3S.C5H13N.C2H4O2/c1-14(17-3-4-18-19(11-17)23-10-9-22-18)12-24-15(2)16-5-7-20(13-21)8-6-16;1-4(2)5(3)6;1-4-2-3/h3-4,11-13,16H,2,5-10H2,1H3;4-5H,6H2,1-3H3;2H,1H3/b14-12+;;. The second-order valence-electron chi connectivity index (χ2n) is 8.59. The highest BCUT2D eigenvalue weighted by Crippen LogP contribution is 2.36. The quantitative estimate of drug-likeness (QED) is 0.551. The summed E-state index contributed by atoms with van der Waals surface area (Å²) in [5.74, 6) is 2.74. The number of hydrogen-bond acceptors (Lipinski definition) is 7. The number of likely N-dealkylation sites (tertiary alicyclic amines) is 1. The number of carbonyl (C=O) groups is 2. The van der Waals surface area contributed by atoms with Crippen LogP contribution >= 0.6 is 11.8 Å². The van der Waals surface area contributed by atoms with Crippen molar-refractivity contribution < 1.29 is 23.8 Å². The molecule has 1 atom stereocenters. The molecular formula is C26H40N2O5S. The molecule has 0 saturated carbocycles. The fraction of sp³-hybridized carbons (Fsp3) is 0.538. The summed E-state index contributed by atoms with van der Waals surface area (Å²) in [5.41, 5.74) is 7.75. The maximum absolute atomic E-state index is 10.8. The molecule has 190 valence electrons. The Hall–Kier alpha value is -2.45. The fourth-order valence-electron chi connectivity index (χ4n) is 2.94. The topological polar surface area (TPSA) is 91.1 Å². The summed E-state index contributed by atoms with van der Waals surface area (Å²) in [4.78, 5) is 22.7. The molecule has 1 aromatic rings. The molecule has 2 N–H and O–H groups in total. The first kappa shape index (κ1) is 29.6. The van der Waals surface area contributed by atoms with Gasteiger partial charge < -0.3 is 24.8 Å². The molecule has 0 aromatic heterocycles. The molecular weight excluding hydrogens is 452 g/mol. The summed E-state index contributed by atoms with van der Waals surface area (Å²) >= 11 is 1.70. The highest BCUT2D eigenvalue weighted by atomic mass is 32.2. The number of fused-ring (bicyclic) bond motifs is 1. The number of carbonyl (C=O) groups excluding carboxylic acids is 2. The molecule has 1 aromatic carbocycles. The highest BCUT2D eigenvalue weighted by Gasteiger charge is 2.20. The zero-order chi connectivity index (χ0) is 25.5. The molecule has 1 saturated heterocycles. The molecule has 0 aliphatic carbocycles. The van der Waals surface area contributed by atoms with Crippen molar-refractivity contribution in [1.29, 1.82) is 0 Å². The third-order valence-corrected chi connectivity index (χ3v) is 6.77. The summed E-state index contributed by atoms with van der Waals surface area (Å²) in [6.07, 6.45) is 2.95. The van der Waals surface area contributed by atoms with Crippen LogP contribution in [0.15, 0.2) is 35.1 Å². The predicted octanol–water partition coefficient (Wildman–Crippen LogP) is 4.71. The summed E-state index contributed by atoms with van der Waals surface area (Å²) in [5, 5.41) is 2.15. The Labute approximate surface area is 208 Å². The Morgan fingerprint density at radius 2 is 1.74 bits per heavy atom. The van der Waals surface area contributed by atoms with Crippen molar-refractivity contribution in [1.82, 2.24) is 4.90 Å². The lowest BCUT2D eigenvalue weighted by molar-refractivity contribution is -0.126. The predicted molar refractivity (Wildman–Crippen MR) is 140 cm³/mol. The van der Waals surface area contributed by atoms with Gasteiger partial charge in [-0.1, -0.05) is 26.5 Å². The molecule has 1 fully saturated rings. The van der Waals surface area contributed by atoms with Gasteiger partial charge in [-0.15, -0.1) is 11.8 Å². The number of piperidine rings is 1. The molecule has 2 aliphatic rings. The number of hydrogen-bond donors (Lipinski definition) is 1. The van der Waals surface area contributed by atoms with Crippen LogP contribution < -0.4 is 15.2 Å². The van der Waals surface area contributed by atoms with E-state index in [-0.39, 0.29) is 0 Å². The van der Waals surface area contributed by atoms with E-state index in [1.165, 1.54) is 17.6 Å². The number of benzene rings is 1. The second-order valence-corrected chi connectivity index (χ2v) is 9.59. The minimum absolute atomic E-state index is 0.352. The molecule has 7 nitrogen and oxygen atoms in total. The molecule has 3 rings (SSSR count). The van der Waals surface area contributed by atoms with E-state index in [2.05, 4.69) is 43.6 Å². The zero-order valence-electron chi connectivity index (χ0n) is 21.1. The number of thioether (sulfide) groups is 1. The Kier molecular flexibility index (Phi) is 14.1. The summed E-state index contributed by atoms with van der Waals surface area (Å²) in [7, 11) is 1.31. The van der Waals surface area contributed by atoms with Crippen molar-refractivity contribution in [2.45, 2.75) is 46.6 Å². The first-order valence-corrected chi connectivity index (χ1v) is 12.4. The van der Waals surface area contributed by atoms with Crippen LogP contribution in [-0.4, -0.2) is 57.2 Å². The second kappa shape index (κ2) is 16.2. The molecule has 34 heavy (non-hydrogen) atoms. The van der Waals surface area contributed by atoms with Crippen LogP contribution in [0.1, 0.15) is 46.1 Å². The SMILES string of the molecule is C=C(S/C=C(\C)c1ccc2c(c1)OCCO2)C1CCN(C=O)CC1.CC(C)C(C)N.COC=O. The first-order valence-electron chi connectivity index (χ1n) is 11.6. The van der Waals surface area contributed by atoms with Crippen LogP contribution in [0.2, 0.25) is 0 Å². The molecule has 8 heteroatoms. The van der Waals surface area contributed by atoms with Crippen LogP contribution in [-0.2, 0) is 14.3 Å².